The Labute approximate surface area is 121 Å². The molecule has 0 bridgehead atoms. The third-order valence-electron chi connectivity index (χ3n) is 3.85. The molecule has 2 heterocycles. The molecule has 0 saturated carbocycles. The van der Waals surface area contributed by atoms with E-state index in [1.165, 1.54) is 6.20 Å². The van der Waals surface area contributed by atoms with Gasteiger partial charge in [-0.2, -0.15) is 9.40 Å². The fourth-order valence-electron chi connectivity index (χ4n) is 2.66. The van der Waals surface area contributed by atoms with Crippen molar-refractivity contribution >= 4 is 10.0 Å². The van der Waals surface area contributed by atoms with E-state index in [1.807, 2.05) is 7.05 Å². The van der Waals surface area contributed by atoms with Gasteiger partial charge in [-0.3, -0.25) is 4.68 Å². The lowest BCUT2D eigenvalue weighted by Gasteiger charge is -2.33. The zero-order valence-corrected chi connectivity index (χ0v) is 13.1. The summed E-state index contributed by atoms with van der Waals surface area (Å²) in [6, 6.07) is 0.134. The van der Waals surface area contributed by atoms with E-state index in [1.54, 1.807) is 15.2 Å². The van der Waals surface area contributed by atoms with Crippen LogP contribution in [0.4, 0.5) is 0 Å². The molecule has 7 heteroatoms. The van der Waals surface area contributed by atoms with Crippen molar-refractivity contribution in [3.05, 3.63) is 12.4 Å². The number of sulfonamides is 1. The minimum Gasteiger partial charge on any atom is -0.318 e. The van der Waals surface area contributed by atoms with E-state index in [0.29, 0.717) is 18.0 Å². The van der Waals surface area contributed by atoms with Crippen LogP contribution in [0.2, 0.25) is 0 Å². The van der Waals surface area contributed by atoms with Gasteiger partial charge in [0.25, 0.3) is 0 Å². The van der Waals surface area contributed by atoms with E-state index in [-0.39, 0.29) is 6.04 Å². The molecular formula is C13H24N4O2S. The molecule has 1 aliphatic rings. The molecule has 20 heavy (non-hydrogen) atoms. The summed E-state index contributed by atoms with van der Waals surface area (Å²) in [5, 5.41) is 7.16. The predicted octanol–water partition coefficient (Wildman–Crippen LogP) is 1.06. The monoisotopic (exact) mass is 300 g/mol. The van der Waals surface area contributed by atoms with Crippen LogP contribution in [0.25, 0.3) is 0 Å². The molecule has 1 atom stereocenters. The number of nitrogens with zero attached hydrogens (tertiary/aromatic N) is 3. The van der Waals surface area contributed by atoms with Gasteiger partial charge in [-0.25, -0.2) is 8.42 Å². The van der Waals surface area contributed by atoms with Crippen LogP contribution in [0.3, 0.4) is 0 Å². The quantitative estimate of drug-likeness (QED) is 0.853. The van der Waals surface area contributed by atoms with Crippen molar-refractivity contribution in [1.82, 2.24) is 19.4 Å². The van der Waals surface area contributed by atoms with Gasteiger partial charge in [-0.05, 0) is 26.3 Å². The Morgan fingerprint density at radius 2 is 2.25 bits per heavy atom. The third kappa shape index (κ3) is 3.21. The van der Waals surface area contributed by atoms with Gasteiger partial charge in [0.2, 0.25) is 10.0 Å². The maximum absolute atomic E-state index is 12.7. The van der Waals surface area contributed by atoms with Crippen LogP contribution in [0, 0.1) is 0 Å². The number of aromatic nitrogens is 2. The summed E-state index contributed by atoms with van der Waals surface area (Å²) in [5.41, 5.74) is 0. The molecule has 2 rings (SSSR count). The first-order valence-corrected chi connectivity index (χ1v) is 8.72. The summed E-state index contributed by atoms with van der Waals surface area (Å²) in [6.45, 7) is 4.11. The van der Waals surface area contributed by atoms with Crippen molar-refractivity contribution in [2.45, 2.75) is 50.1 Å². The molecule has 1 N–H and O–H groups in total. The molecule has 0 aromatic carbocycles. The number of piperidine rings is 1. The Bertz CT molecular complexity index is 526. The van der Waals surface area contributed by atoms with Gasteiger partial charge >= 0.3 is 0 Å². The molecule has 1 aromatic heterocycles. The van der Waals surface area contributed by atoms with Crippen LogP contribution in [0.15, 0.2) is 17.3 Å². The normalized spacial score (nSPS) is 21.2. The van der Waals surface area contributed by atoms with Crippen LogP contribution in [-0.4, -0.2) is 48.7 Å². The summed E-state index contributed by atoms with van der Waals surface area (Å²) in [6.07, 6.45) is 6.99. The number of hydrogen-bond donors (Lipinski definition) is 1. The summed E-state index contributed by atoms with van der Waals surface area (Å²) >= 11 is 0. The van der Waals surface area contributed by atoms with E-state index >= 15 is 0 Å². The first kappa shape index (κ1) is 15.5. The van der Waals surface area contributed by atoms with E-state index in [2.05, 4.69) is 17.3 Å². The highest BCUT2D eigenvalue weighted by Gasteiger charge is 2.33. The highest BCUT2D eigenvalue weighted by Crippen LogP contribution is 2.26. The van der Waals surface area contributed by atoms with Crippen LogP contribution in [-0.2, 0) is 16.6 Å². The molecule has 0 aliphatic carbocycles. The molecule has 0 spiro atoms. The van der Waals surface area contributed by atoms with Crippen molar-refractivity contribution in [3.63, 3.8) is 0 Å². The summed E-state index contributed by atoms with van der Waals surface area (Å²) < 4.78 is 28.7. The lowest BCUT2D eigenvalue weighted by molar-refractivity contribution is 0.246. The standard InChI is InChI=1S/C13H24N4O2S/c1-3-12-6-4-5-8-17(12)20(18,19)13-10-15-16(11-13)9-7-14-2/h10-12,14H,3-9H2,1-2H3. The van der Waals surface area contributed by atoms with Crippen LogP contribution >= 0.6 is 0 Å². The molecule has 1 unspecified atom stereocenters. The van der Waals surface area contributed by atoms with Gasteiger partial charge in [0.1, 0.15) is 4.90 Å². The SMILES string of the molecule is CCC1CCCCN1S(=O)(=O)c1cnn(CCNC)c1. The molecule has 1 saturated heterocycles. The second-order valence-corrected chi connectivity index (χ2v) is 7.11. The van der Waals surface area contributed by atoms with Crippen molar-refractivity contribution in [2.24, 2.45) is 0 Å². The van der Waals surface area contributed by atoms with Gasteiger partial charge in [0.05, 0.1) is 12.7 Å². The van der Waals surface area contributed by atoms with Gasteiger partial charge < -0.3 is 5.32 Å². The topological polar surface area (TPSA) is 67.2 Å². The average molecular weight is 300 g/mol. The molecule has 114 valence electrons. The van der Waals surface area contributed by atoms with E-state index in [4.69, 9.17) is 0 Å². The molecule has 6 nitrogen and oxygen atoms in total. The summed E-state index contributed by atoms with van der Waals surface area (Å²) in [5.74, 6) is 0. The third-order valence-corrected chi connectivity index (χ3v) is 5.76. The average Bonchev–Trinajstić information content (AvgIpc) is 2.94. The first-order valence-electron chi connectivity index (χ1n) is 7.28. The van der Waals surface area contributed by atoms with Crippen LogP contribution in [0.5, 0.6) is 0 Å². The largest absolute Gasteiger partial charge is 0.318 e. The van der Waals surface area contributed by atoms with Gasteiger partial charge in [0.15, 0.2) is 0 Å². The minimum atomic E-state index is -3.40. The van der Waals surface area contributed by atoms with Crippen LogP contribution in [0.1, 0.15) is 32.6 Å². The molecule has 0 amide bonds. The van der Waals surface area contributed by atoms with E-state index < -0.39 is 10.0 Å². The molecular weight excluding hydrogens is 276 g/mol. The van der Waals surface area contributed by atoms with Crippen molar-refractivity contribution in [2.75, 3.05) is 20.1 Å². The molecule has 1 aliphatic heterocycles. The number of likely N-dealkylation sites (N-methyl/N-ethyl adjacent to an activating group) is 1. The minimum absolute atomic E-state index is 0.134. The number of hydrogen-bond acceptors (Lipinski definition) is 4. The van der Waals surface area contributed by atoms with Crippen molar-refractivity contribution in [3.8, 4) is 0 Å². The molecule has 1 aromatic rings. The second-order valence-electron chi connectivity index (χ2n) is 5.22. The highest BCUT2D eigenvalue weighted by molar-refractivity contribution is 7.89. The maximum atomic E-state index is 12.7. The van der Waals surface area contributed by atoms with Crippen LogP contribution < -0.4 is 5.32 Å². The van der Waals surface area contributed by atoms with Gasteiger partial charge in [-0.1, -0.05) is 13.3 Å². The Balaban J connectivity index is 2.18. The van der Waals surface area contributed by atoms with Gasteiger partial charge in [-0.15, -0.1) is 0 Å². The summed E-state index contributed by atoms with van der Waals surface area (Å²) in [4.78, 5) is 0.314. The zero-order valence-electron chi connectivity index (χ0n) is 12.2. The highest BCUT2D eigenvalue weighted by atomic mass is 32.2. The maximum Gasteiger partial charge on any atom is 0.246 e. The first-order chi connectivity index (χ1) is 9.59. The fraction of sp³-hybridized carbons (Fsp3) is 0.769. The second kappa shape index (κ2) is 6.69. The van der Waals surface area contributed by atoms with E-state index in [9.17, 15) is 8.42 Å². The lowest BCUT2D eigenvalue weighted by atomic mass is 10.0. The summed E-state index contributed by atoms with van der Waals surface area (Å²) in [7, 11) is -1.54. The number of rotatable bonds is 6. The predicted molar refractivity (Wildman–Crippen MR) is 78.0 cm³/mol. The number of nitrogens with one attached hydrogen (secondary N) is 1. The van der Waals surface area contributed by atoms with Crippen molar-refractivity contribution < 1.29 is 8.42 Å². The molecule has 1 fully saturated rings. The Kier molecular flexibility index (Phi) is 5.17. The Morgan fingerprint density at radius 3 is 2.95 bits per heavy atom. The Hall–Kier alpha value is -0.920. The smallest absolute Gasteiger partial charge is 0.246 e. The Morgan fingerprint density at radius 1 is 1.45 bits per heavy atom. The van der Waals surface area contributed by atoms with E-state index in [0.717, 1.165) is 32.2 Å². The molecule has 0 radical (unpaired) electrons. The lowest BCUT2D eigenvalue weighted by Crippen LogP contribution is -2.43. The van der Waals surface area contributed by atoms with Gasteiger partial charge in [0, 0.05) is 25.3 Å². The fourth-order valence-corrected chi connectivity index (χ4v) is 4.38. The zero-order chi connectivity index (χ0) is 14.6. The van der Waals surface area contributed by atoms with Crippen molar-refractivity contribution in [1.29, 1.82) is 0 Å².